The van der Waals surface area contributed by atoms with Crippen LogP contribution in [0.1, 0.15) is 35.0 Å². The van der Waals surface area contributed by atoms with Gasteiger partial charge < -0.3 is 4.90 Å². The molecule has 3 aromatic rings. The molecule has 130 valence electrons. The molecule has 0 aliphatic carbocycles. The van der Waals surface area contributed by atoms with E-state index >= 15 is 0 Å². The normalized spacial score (nSPS) is 10.8. The van der Waals surface area contributed by atoms with E-state index in [0.717, 1.165) is 23.4 Å². The Morgan fingerprint density at radius 3 is 2.48 bits per heavy atom. The molecular weight excluding hydrogens is 314 g/mol. The van der Waals surface area contributed by atoms with E-state index in [0.29, 0.717) is 18.7 Å². The van der Waals surface area contributed by atoms with Crippen molar-refractivity contribution in [2.75, 3.05) is 6.54 Å². The third-order valence-corrected chi connectivity index (χ3v) is 4.10. The second-order valence-corrected chi connectivity index (χ2v) is 6.18. The molecule has 0 unspecified atom stereocenters. The van der Waals surface area contributed by atoms with Crippen molar-refractivity contribution < 1.29 is 4.79 Å². The lowest BCUT2D eigenvalue weighted by Gasteiger charge is -2.21. The first kappa shape index (κ1) is 17.0. The van der Waals surface area contributed by atoms with Crippen LogP contribution in [0.25, 0.3) is 5.69 Å². The number of aromatic nitrogens is 4. The van der Waals surface area contributed by atoms with Crippen molar-refractivity contribution in [2.45, 2.75) is 26.8 Å². The van der Waals surface area contributed by atoms with Gasteiger partial charge in [0.05, 0.1) is 11.9 Å². The molecule has 0 aliphatic heterocycles. The highest BCUT2D eigenvalue weighted by Crippen LogP contribution is 2.14. The van der Waals surface area contributed by atoms with Gasteiger partial charge in [0.15, 0.2) is 0 Å². The van der Waals surface area contributed by atoms with Crippen LogP contribution in [-0.4, -0.2) is 36.9 Å². The largest absolute Gasteiger partial charge is 0.334 e. The van der Waals surface area contributed by atoms with Crippen LogP contribution in [-0.2, 0) is 13.6 Å². The standard InChI is InChI=1S/C19H23N5O/c1-4-11-23(14-16-12-21-22(3)13-16)19(25)17-5-7-18(8-6-17)24-15(2)9-10-20-24/h5-10,12-13H,4,11,14H2,1-3H3. The van der Waals surface area contributed by atoms with Gasteiger partial charge in [-0.15, -0.1) is 0 Å². The topological polar surface area (TPSA) is 56.0 Å². The predicted molar refractivity (Wildman–Crippen MR) is 96.5 cm³/mol. The predicted octanol–water partition coefficient (Wildman–Crippen LogP) is 2.97. The zero-order valence-electron chi connectivity index (χ0n) is 14.9. The second-order valence-electron chi connectivity index (χ2n) is 6.18. The van der Waals surface area contributed by atoms with E-state index in [1.807, 2.05) is 60.1 Å². The molecule has 0 spiro atoms. The van der Waals surface area contributed by atoms with Gasteiger partial charge in [0.1, 0.15) is 0 Å². The molecule has 0 aliphatic rings. The highest BCUT2D eigenvalue weighted by Gasteiger charge is 2.16. The SMILES string of the molecule is CCCN(Cc1cnn(C)c1)C(=O)c1ccc(-n2nccc2C)cc1. The molecule has 0 saturated carbocycles. The number of carbonyl (C=O) groups is 1. The van der Waals surface area contributed by atoms with Gasteiger partial charge in [0, 0.05) is 49.4 Å². The van der Waals surface area contributed by atoms with Crippen LogP contribution in [0.3, 0.4) is 0 Å². The minimum Gasteiger partial charge on any atom is -0.334 e. The Morgan fingerprint density at radius 2 is 1.92 bits per heavy atom. The van der Waals surface area contributed by atoms with Crippen LogP contribution in [0.5, 0.6) is 0 Å². The summed E-state index contributed by atoms with van der Waals surface area (Å²) in [5, 5.41) is 8.47. The van der Waals surface area contributed by atoms with E-state index in [2.05, 4.69) is 17.1 Å². The van der Waals surface area contributed by atoms with Crippen LogP contribution in [0.2, 0.25) is 0 Å². The van der Waals surface area contributed by atoms with Gasteiger partial charge in [0.2, 0.25) is 0 Å². The Labute approximate surface area is 147 Å². The van der Waals surface area contributed by atoms with Gasteiger partial charge in [0.25, 0.3) is 5.91 Å². The fourth-order valence-corrected chi connectivity index (χ4v) is 2.86. The molecule has 0 radical (unpaired) electrons. The number of rotatable bonds is 6. The second kappa shape index (κ2) is 7.34. The van der Waals surface area contributed by atoms with Gasteiger partial charge in [-0.05, 0) is 43.7 Å². The van der Waals surface area contributed by atoms with Crippen molar-refractivity contribution in [3.05, 3.63) is 65.7 Å². The summed E-state index contributed by atoms with van der Waals surface area (Å²) in [5.41, 5.74) is 3.73. The number of hydrogen-bond acceptors (Lipinski definition) is 3. The van der Waals surface area contributed by atoms with Crippen LogP contribution in [0, 0.1) is 6.92 Å². The summed E-state index contributed by atoms with van der Waals surface area (Å²) < 4.78 is 3.61. The number of benzene rings is 1. The lowest BCUT2D eigenvalue weighted by atomic mass is 10.1. The number of amides is 1. The van der Waals surface area contributed by atoms with Crippen LogP contribution in [0.15, 0.2) is 48.9 Å². The van der Waals surface area contributed by atoms with Crippen LogP contribution >= 0.6 is 0 Å². The fourth-order valence-electron chi connectivity index (χ4n) is 2.86. The maximum absolute atomic E-state index is 12.9. The quantitative estimate of drug-likeness (QED) is 0.695. The minimum absolute atomic E-state index is 0.0365. The number of aryl methyl sites for hydroxylation is 2. The molecule has 2 aromatic heterocycles. The monoisotopic (exact) mass is 337 g/mol. The zero-order chi connectivity index (χ0) is 17.8. The van der Waals surface area contributed by atoms with E-state index in [9.17, 15) is 4.79 Å². The molecule has 25 heavy (non-hydrogen) atoms. The third-order valence-electron chi connectivity index (χ3n) is 4.10. The first-order chi connectivity index (χ1) is 12.1. The summed E-state index contributed by atoms with van der Waals surface area (Å²) in [4.78, 5) is 14.8. The van der Waals surface area contributed by atoms with Gasteiger partial charge in [-0.25, -0.2) is 4.68 Å². The molecule has 0 atom stereocenters. The van der Waals surface area contributed by atoms with E-state index in [-0.39, 0.29) is 5.91 Å². The fraction of sp³-hybridized carbons (Fsp3) is 0.316. The molecular formula is C19H23N5O. The van der Waals surface area contributed by atoms with Crippen molar-refractivity contribution in [3.63, 3.8) is 0 Å². The molecule has 2 heterocycles. The maximum atomic E-state index is 12.9. The summed E-state index contributed by atoms with van der Waals surface area (Å²) in [7, 11) is 1.88. The smallest absolute Gasteiger partial charge is 0.254 e. The van der Waals surface area contributed by atoms with Gasteiger partial charge in [-0.2, -0.15) is 10.2 Å². The highest BCUT2D eigenvalue weighted by atomic mass is 16.2. The average molecular weight is 337 g/mol. The van der Waals surface area contributed by atoms with Crippen molar-refractivity contribution in [3.8, 4) is 5.69 Å². The Morgan fingerprint density at radius 1 is 1.16 bits per heavy atom. The van der Waals surface area contributed by atoms with E-state index < -0.39 is 0 Å². The third kappa shape index (κ3) is 3.79. The minimum atomic E-state index is 0.0365. The average Bonchev–Trinajstić information content (AvgIpc) is 3.22. The van der Waals surface area contributed by atoms with E-state index in [4.69, 9.17) is 0 Å². The number of nitrogens with zero attached hydrogens (tertiary/aromatic N) is 5. The van der Waals surface area contributed by atoms with Gasteiger partial charge in [-0.1, -0.05) is 6.92 Å². The molecule has 0 fully saturated rings. The van der Waals surface area contributed by atoms with Gasteiger partial charge >= 0.3 is 0 Å². The summed E-state index contributed by atoms with van der Waals surface area (Å²) in [6.45, 7) is 5.37. The Balaban J connectivity index is 1.78. The molecule has 6 nitrogen and oxygen atoms in total. The van der Waals surface area contributed by atoms with Crippen molar-refractivity contribution in [1.29, 1.82) is 0 Å². The first-order valence-corrected chi connectivity index (χ1v) is 8.46. The summed E-state index contributed by atoms with van der Waals surface area (Å²) in [6.07, 6.45) is 6.43. The maximum Gasteiger partial charge on any atom is 0.254 e. The van der Waals surface area contributed by atoms with Crippen molar-refractivity contribution in [2.24, 2.45) is 7.05 Å². The molecule has 0 bridgehead atoms. The molecule has 6 heteroatoms. The lowest BCUT2D eigenvalue weighted by molar-refractivity contribution is 0.0743. The van der Waals surface area contributed by atoms with Crippen molar-refractivity contribution >= 4 is 5.91 Å². The highest BCUT2D eigenvalue weighted by molar-refractivity contribution is 5.94. The number of hydrogen-bond donors (Lipinski definition) is 0. The Hall–Kier alpha value is -2.89. The Kier molecular flexibility index (Phi) is 4.97. The summed E-state index contributed by atoms with van der Waals surface area (Å²) in [5.74, 6) is 0.0365. The number of carbonyl (C=O) groups excluding carboxylic acids is 1. The molecule has 0 N–H and O–H groups in total. The zero-order valence-corrected chi connectivity index (χ0v) is 14.9. The summed E-state index contributed by atoms with van der Waals surface area (Å²) >= 11 is 0. The van der Waals surface area contributed by atoms with Crippen LogP contribution < -0.4 is 0 Å². The molecule has 1 aromatic carbocycles. The van der Waals surface area contributed by atoms with E-state index in [1.54, 1.807) is 17.1 Å². The van der Waals surface area contributed by atoms with E-state index in [1.165, 1.54) is 0 Å². The van der Waals surface area contributed by atoms with Crippen molar-refractivity contribution in [1.82, 2.24) is 24.5 Å². The molecule has 1 amide bonds. The Bertz CT molecular complexity index is 847. The summed E-state index contributed by atoms with van der Waals surface area (Å²) in [6, 6.07) is 9.55. The molecule has 0 saturated heterocycles. The first-order valence-electron chi connectivity index (χ1n) is 8.46. The van der Waals surface area contributed by atoms with Gasteiger partial charge in [-0.3, -0.25) is 9.48 Å². The van der Waals surface area contributed by atoms with Crippen LogP contribution in [0.4, 0.5) is 0 Å². The molecule has 3 rings (SSSR count). The lowest BCUT2D eigenvalue weighted by Crippen LogP contribution is -2.31.